The van der Waals surface area contributed by atoms with Gasteiger partial charge in [0, 0.05) is 25.6 Å². The Morgan fingerprint density at radius 3 is 2.54 bits per heavy atom. The van der Waals surface area contributed by atoms with E-state index >= 15 is 0 Å². The number of benzene rings is 1. The van der Waals surface area contributed by atoms with E-state index in [0.29, 0.717) is 31.5 Å². The smallest absolute Gasteiger partial charge is 0.317 e. The highest BCUT2D eigenvalue weighted by Gasteiger charge is 2.38. The molecule has 6 nitrogen and oxygen atoms in total. The fourth-order valence-electron chi connectivity index (χ4n) is 3.76. The molecule has 2 N–H and O–H groups in total. The number of urea groups is 1. The number of nitrogens with one attached hydrogen (secondary N) is 1. The molecule has 2 atom stereocenters. The van der Waals surface area contributed by atoms with Gasteiger partial charge in [0.25, 0.3) is 0 Å². The number of sulfone groups is 1. The minimum Gasteiger partial charge on any atom is -0.389 e. The summed E-state index contributed by atoms with van der Waals surface area (Å²) >= 11 is 0. The summed E-state index contributed by atoms with van der Waals surface area (Å²) < 4.78 is 37.1. The molecule has 8 heteroatoms. The van der Waals surface area contributed by atoms with Crippen LogP contribution >= 0.6 is 0 Å². The van der Waals surface area contributed by atoms with Crippen LogP contribution < -0.4 is 5.32 Å². The van der Waals surface area contributed by atoms with Crippen LogP contribution in [0.3, 0.4) is 0 Å². The third-order valence-corrected chi connectivity index (χ3v) is 7.31. The maximum atomic E-state index is 13.8. The normalized spacial score (nSPS) is 27.3. The van der Waals surface area contributed by atoms with Crippen LogP contribution in [0.2, 0.25) is 0 Å². The zero-order valence-electron chi connectivity index (χ0n) is 14.8. The van der Waals surface area contributed by atoms with Crippen molar-refractivity contribution in [2.45, 2.75) is 37.8 Å². The Labute approximate surface area is 153 Å². The third-order valence-electron chi connectivity index (χ3n) is 5.40. The van der Waals surface area contributed by atoms with Gasteiger partial charge in [0.1, 0.15) is 5.82 Å². The van der Waals surface area contributed by atoms with E-state index in [2.05, 4.69) is 5.32 Å². The van der Waals surface area contributed by atoms with Crippen molar-refractivity contribution in [3.8, 4) is 0 Å². The van der Waals surface area contributed by atoms with Gasteiger partial charge >= 0.3 is 6.03 Å². The number of halogens is 1. The largest absolute Gasteiger partial charge is 0.389 e. The van der Waals surface area contributed by atoms with E-state index in [1.165, 1.54) is 6.07 Å². The van der Waals surface area contributed by atoms with Crippen LogP contribution in [0.15, 0.2) is 24.3 Å². The molecule has 2 fully saturated rings. The minimum atomic E-state index is -3.09. The molecule has 2 aliphatic rings. The molecule has 0 saturated carbocycles. The lowest BCUT2D eigenvalue weighted by molar-refractivity contribution is -0.0124. The summed E-state index contributed by atoms with van der Waals surface area (Å²) in [6.07, 6.45) is 0.924. The molecule has 144 valence electrons. The van der Waals surface area contributed by atoms with Crippen molar-refractivity contribution in [1.82, 2.24) is 10.2 Å². The summed E-state index contributed by atoms with van der Waals surface area (Å²) in [5.74, 6) is -0.366. The SMILES string of the molecule is C[C@H]1CS(=O)(=O)C[C@H]1NC(=O)N1CCC(O)(Cc2ccccc2F)CC1. The molecule has 2 aliphatic heterocycles. The average Bonchev–Trinajstić information content (AvgIpc) is 2.82. The van der Waals surface area contributed by atoms with E-state index in [-0.39, 0.29) is 41.7 Å². The molecule has 0 aromatic heterocycles. The Balaban J connectivity index is 1.54. The summed E-state index contributed by atoms with van der Waals surface area (Å²) in [5.41, 5.74) is -0.568. The molecular weight excluding hydrogens is 359 g/mol. The Morgan fingerprint density at radius 1 is 1.31 bits per heavy atom. The first-order chi connectivity index (χ1) is 12.2. The van der Waals surface area contributed by atoms with Crippen LogP contribution in [0.4, 0.5) is 9.18 Å². The molecule has 26 heavy (non-hydrogen) atoms. The van der Waals surface area contributed by atoms with Crippen LogP contribution in [0, 0.1) is 11.7 Å². The van der Waals surface area contributed by atoms with Gasteiger partial charge in [-0.2, -0.15) is 0 Å². The highest BCUT2D eigenvalue weighted by molar-refractivity contribution is 7.91. The van der Waals surface area contributed by atoms with Gasteiger partial charge in [-0.1, -0.05) is 25.1 Å². The molecule has 0 unspecified atom stereocenters. The predicted molar refractivity (Wildman–Crippen MR) is 96.0 cm³/mol. The Kier molecular flexibility index (Phi) is 5.25. The van der Waals surface area contributed by atoms with Crippen LogP contribution in [0.5, 0.6) is 0 Å². The third kappa shape index (κ3) is 4.35. The second kappa shape index (κ2) is 7.15. The van der Waals surface area contributed by atoms with E-state index in [1.807, 2.05) is 6.92 Å². The quantitative estimate of drug-likeness (QED) is 0.823. The zero-order chi connectivity index (χ0) is 18.9. The maximum Gasteiger partial charge on any atom is 0.317 e. The zero-order valence-corrected chi connectivity index (χ0v) is 15.6. The van der Waals surface area contributed by atoms with E-state index in [9.17, 15) is 22.7 Å². The van der Waals surface area contributed by atoms with Gasteiger partial charge in [-0.15, -0.1) is 0 Å². The fraction of sp³-hybridized carbons (Fsp3) is 0.611. The Bertz CT molecular complexity index is 775. The van der Waals surface area contributed by atoms with Gasteiger partial charge < -0.3 is 15.3 Å². The van der Waals surface area contributed by atoms with E-state index in [0.717, 1.165) is 0 Å². The van der Waals surface area contributed by atoms with Crippen molar-refractivity contribution in [3.05, 3.63) is 35.6 Å². The van der Waals surface area contributed by atoms with Gasteiger partial charge in [0.05, 0.1) is 17.1 Å². The number of piperidine rings is 1. The van der Waals surface area contributed by atoms with Crippen molar-refractivity contribution in [2.75, 3.05) is 24.6 Å². The Hall–Kier alpha value is -1.67. The lowest BCUT2D eigenvalue weighted by Gasteiger charge is -2.38. The lowest BCUT2D eigenvalue weighted by atomic mass is 9.85. The van der Waals surface area contributed by atoms with Crippen molar-refractivity contribution >= 4 is 15.9 Å². The number of hydrogen-bond acceptors (Lipinski definition) is 4. The molecule has 2 saturated heterocycles. The summed E-state index contributed by atoms with van der Waals surface area (Å²) in [4.78, 5) is 14.0. The van der Waals surface area contributed by atoms with Crippen molar-refractivity contribution in [3.63, 3.8) is 0 Å². The summed E-state index contributed by atoms with van der Waals surface area (Å²) in [5, 5.41) is 13.5. The van der Waals surface area contributed by atoms with Gasteiger partial charge in [0.2, 0.25) is 0 Å². The second-order valence-corrected chi connectivity index (χ2v) is 9.74. The molecule has 0 bridgehead atoms. The molecule has 2 amide bonds. The number of aliphatic hydroxyl groups is 1. The van der Waals surface area contributed by atoms with Gasteiger partial charge in [-0.3, -0.25) is 0 Å². The molecule has 0 radical (unpaired) electrons. The molecular formula is C18H25FN2O4S. The number of nitrogens with zero attached hydrogens (tertiary/aromatic N) is 1. The summed E-state index contributed by atoms with van der Waals surface area (Å²) in [6, 6.07) is 5.71. The highest BCUT2D eigenvalue weighted by atomic mass is 32.2. The fourth-order valence-corrected chi connectivity index (χ4v) is 5.88. The number of carbonyl (C=O) groups excluding carboxylic acids is 1. The monoisotopic (exact) mass is 384 g/mol. The van der Waals surface area contributed by atoms with Crippen LogP contribution in [-0.2, 0) is 16.3 Å². The van der Waals surface area contributed by atoms with Crippen LogP contribution in [-0.4, -0.2) is 60.7 Å². The molecule has 1 aromatic carbocycles. The molecule has 2 heterocycles. The number of amides is 2. The highest BCUT2D eigenvalue weighted by Crippen LogP contribution is 2.28. The van der Waals surface area contributed by atoms with Crippen molar-refractivity contribution in [1.29, 1.82) is 0 Å². The van der Waals surface area contributed by atoms with Gasteiger partial charge in [0.15, 0.2) is 9.84 Å². The van der Waals surface area contributed by atoms with Crippen LogP contribution in [0.1, 0.15) is 25.3 Å². The molecule has 0 spiro atoms. The average molecular weight is 384 g/mol. The van der Waals surface area contributed by atoms with E-state index in [1.54, 1.807) is 23.1 Å². The predicted octanol–water partition coefficient (Wildman–Crippen LogP) is 1.34. The first kappa shape index (κ1) is 19.1. The van der Waals surface area contributed by atoms with Crippen LogP contribution in [0.25, 0.3) is 0 Å². The molecule has 1 aromatic rings. The first-order valence-corrected chi connectivity index (χ1v) is 10.7. The van der Waals surface area contributed by atoms with E-state index < -0.39 is 15.4 Å². The minimum absolute atomic E-state index is 0.0228. The topological polar surface area (TPSA) is 86.7 Å². The second-order valence-electron chi connectivity index (χ2n) is 7.59. The lowest BCUT2D eigenvalue weighted by Crippen LogP contribution is -2.53. The number of rotatable bonds is 3. The maximum absolute atomic E-state index is 13.8. The molecule has 0 aliphatic carbocycles. The number of carbonyl (C=O) groups is 1. The number of hydrogen-bond donors (Lipinski definition) is 2. The summed E-state index contributed by atoms with van der Waals surface area (Å²) in [6.45, 7) is 2.52. The number of likely N-dealkylation sites (tertiary alicyclic amines) is 1. The Morgan fingerprint density at radius 2 is 1.96 bits per heavy atom. The first-order valence-electron chi connectivity index (χ1n) is 8.89. The van der Waals surface area contributed by atoms with E-state index in [4.69, 9.17) is 0 Å². The molecule has 3 rings (SSSR count). The van der Waals surface area contributed by atoms with Crippen molar-refractivity contribution < 1.29 is 22.7 Å². The standard InChI is InChI=1S/C18H25FN2O4S/c1-13-11-26(24,25)12-16(13)20-17(22)21-8-6-18(23,7-9-21)10-14-4-2-3-5-15(14)19/h2-5,13,16,23H,6-12H2,1H3,(H,20,22)/t13-,16+/m0/s1. The summed E-state index contributed by atoms with van der Waals surface area (Å²) in [7, 11) is -3.09. The van der Waals surface area contributed by atoms with Gasteiger partial charge in [-0.25, -0.2) is 17.6 Å². The van der Waals surface area contributed by atoms with Gasteiger partial charge in [-0.05, 0) is 30.4 Å². The van der Waals surface area contributed by atoms with Crippen molar-refractivity contribution in [2.24, 2.45) is 5.92 Å².